The highest BCUT2D eigenvalue weighted by Gasteiger charge is 2.21. The molecule has 0 unspecified atom stereocenters. The van der Waals surface area contributed by atoms with Gasteiger partial charge in [0.2, 0.25) is 11.7 Å². The lowest BCUT2D eigenvalue weighted by atomic mass is 10.1. The van der Waals surface area contributed by atoms with Gasteiger partial charge in [0.1, 0.15) is 0 Å². The first-order chi connectivity index (χ1) is 20.5. The van der Waals surface area contributed by atoms with Crippen LogP contribution in [0.3, 0.4) is 0 Å². The normalized spacial score (nSPS) is 11.3. The van der Waals surface area contributed by atoms with Crippen LogP contribution in [0.2, 0.25) is 0 Å². The first kappa shape index (κ1) is 27.5. The Morgan fingerprint density at radius 3 is 2.26 bits per heavy atom. The predicted molar refractivity (Wildman–Crippen MR) is 168 cm³/mol. The molecule has 0 radical (unpaired) electrons. The number of aryl methyl sites for hydroxylation is 2. The van der Waals surface area contributed by atoms with E-state index in [1.165, 1.54) is 17.3 Å². The number of benzene rings is 4. The van der Waals surface area contributed by atoms with E-state index in [1.807, 2.05) is 108 Å². The van der Waals surface area contributed by atoms with E-state index < -0.39 is 0 Å². The van der Waals surface area contributed by atoms with Gasteiger partial charge in [-0.15, -0.1) is 10.2 Å². The molecule has 0 N–H and O–H groups in total. The molecule has 210 valence electrons. The number of carbonyl (C=O) groups is 1. The van der Waals surface area contributed by atoms with E-state index in [0.717, 1.165) is 28.8 Å². The van der Waals surface area contributed by atoms with Crippen molar-refractivity contribution in [3.05, 3.63) is 136 Å². The maximum Gasteiger partial charge on any atom is 0.267 e. The molecule has 42 heavy (non-hydrogen) atoms. The monoisotopic (exact) mass is 573 g/mol. The Kier molecular flexibility index (Phi) is 7.88. The number of nitrogens with zero attached hydrogens (tertiary/aromatic N) is 5. The van der Waals surface area contributed by atoms with Crippen molar-refractivity contribution in [2.45, 2.75) is 32.0 Å². The van der Waals surface area contributed by atoms with Crippen LogP contribution in [0.25, 0.3) is 22.4 Å². The largest absolute Gasteiger partial charge is 0.337 e. The molecule has 0 bridgehead atoms. The van der Waals surface area contributed by atoms with Crippen LogP contribution in [-0.4, -0.2) is 42.3 Å². The van der Waals surface area contributed by atoms with Crippen molar-refractivity contribution >= 4 is 34.3 Å². The number of rotatable bonds is 9. The van der Waals surface area contributed by atoms with Crippen LogP contribution in [0.4, 0.5) is 0 Å². The second-order valence-electron chi connectivity index (χ2n) is 10.4. The summed E-state index contributed by atoms with van der Waals surface area (Å²) in [5, 5.41) is 10.1. The zero-order chi connectivity index (χ0) is 29.1. The van der Waals surface area contributed by atoms with Crippen molar-refractivity contribution in [2.75, 3.05) is 12.3 Å². The summed E-state index contributed by atoms with van der Waals surface area (Å²) in [5.41, 5.74) is 5.68. The van der Waals surface area contributed by atoms with Crippen LogP contribution in [0, 0.1) is 13.8 Å². The highest BCUT2D eigenvalue weighted by molar-refractivity contribution is 7.99. The number of hydrogen-bond donors (Lipinski definition) is 0. The number of hydrogen-bond acceptors (Lipinski definition) is 5. The molecule has 8 heteroatoms. The minimum Gasteiger partial charge on any atom is -0.337 e. The lowest BCUT2D eigenvalue weighted by Gasteiger charge is -2.23. The van der Waals surface area contributed by atoms with E-state index in [9.17, 15) is 9.59 Å². The molecule has 6 rings (SSSR count). The summed E-state index contributed by atoms with van der Waals surface area (Å²) in [5.74, 6) is 0.633. The van der Waals surface area contributed by atoms with Crippen molar-refractivity contribution in [3.8, 4) is 5.69 Å². The third-order valence-corrected chi connectivity index (χ3v) is 8.31. The number of amides is 1. The van der Waals surface area contributed by atoms with Gasteiger partial charge in [-0.2, -0.15) is 0 Å². The highest BCUT2D eigenvalue weighted by Crippen LogP contribution is 2.25. The summed E-state index contributed by atoms with van der Waals surface area (Å²) in [6.45, 7) is 5.15. The summed E-state index contributed by atoms with van der Waals surface area (Å²) < 4.78 is 3.51. The van der Waals surface area contributed by atoms with Crippen molar-refractivity contribution in [3.63, 3.8) is 0 Å². The van der Waals surface area contributed by atoms with Crippen LogP contribution in [0.5, 0.6) is 0 Å². The number of thioether (sulfide) groups is 1. The third kappa shape index (κ3) is 5.58. The zero-order valence-corrected chi connectivity index (χ0v) is 24.4. The van der Waals surface area contributed by atoms with Crippen LogP contribution >= 0.6 is 11.8 Å². The molecule has 2 aromatic heterocycles. The molecular formula is C34H31N5O2S. The van der Waals surface area contributed by atoms with E-state index in [1.54, 1.807) is 4.57 Å². The lowest BCUT2D eigenvalue weighted by Crippen LogP contribution is -2.34. The van der Waals surface area contributed by atoms with Gasteiger partial charge in [0.05, 0.1) is 22.3 Å². The summed E-state index contributed by atoms with van der Waals surface area (Å²) in [6, 6.07) is 33.7. The maximum atomic E-state index is 13.7. The van der Waals surface area contributed by atoms with Crippen LogP contribution in [0.15, 0.2) is 113 Å². The summed E-state index contributed by atoms with van der Waals surface area (Å²) in [7, 11) is 0. The van der Waals surface area contributed by atoms with Gasteiger partial charge in [0, 0.05) is 13.1 Å². The van der Waals surface area contributed by atoms with E-state index in [2.05, 4.69) is 28.4 Å². The molecule has 0 aliphatic carbocycles. The Morgan fingerprint density at radius 2 is 1.52 bits per heavy atom. The summed E-state index contributed by atoms with van der Waals surface area (Å²) in [6.07, 6.45) is 0.769. The Bertz CT molecular complexity index is 1930. The lowest BCUT2D eigenvalue weighted by molar-refractivity contribution is -0.128. The van der Waals surface area contributed by atoms with Gasteiger partial charge in [-0.1, -0.05) is 102 Å². The fraction of sp³-hybridized carbons (Fsp3) is 0.176. The molecule has 0 aliphatic rings. The fourth-order valence-electron chi connectivity index (χ4n) is 5.27. The molecule has 7 nitrogen and oxygen atoms in total. The number of para-hydroxylation sites is 1. The highest BCUT2D eigenvalue weighted by atomic mass is 32.2. The number of carbonyl (C=O) groups excluding carboxylic acids is 1. The van der Waals surface area contributed by atoms with Gasteiger partial charge in [0.25, 0.3) is 5.56 Å². The van der Waals surface area contributed by atoms with Gasteiger partial charge in [-0.05, 0) is 55.2 Å². The molecule has 0 atom stereocenters. The van der Waals surface area contributed by atoms with Gasteiger partial charge in [-0.3, -0.25) is 14.0 Å². The zero-order valence-electron chi connectivity index (χ0n) is 23.6. The van der Waals surface area contributed by atoms with Gasteiger partial charge in [-0.25, -0.2) is 4.57 Å². The molecule has 4 aromatic carbocycles. The second-order valence-corrected chi connectivity index (χ2v) is 11.3. The van der Waals surface area contributed by atoms with Gasteiger partial charge >= 0.3 is 0 Å². The second kappa shape index (κ2) is 12.0. The molecule has 6 aromatic rings. The SMILES string of the molecule is Cc1ccc(-n2c(=O)c3ccccc3n3c(SCC(=O)N(CCc4ccccc4)Cc4ccccc4)nnc23)c(C)c1. The van der Waals surface area contributed by atoms with Crippen LogP contribution < -0.4 is 5.56 Å². The molecule has 2 heterocycles. The smallest absolute Gasteiger partial charge is 0.267 e. The Labute approximate surface area is 248 Å². The minimum absolute atomic E-state index is 0.0172. The predicted octanol–water partition coefficient (Wildman–Crippen LogP) is 6.01. The molecule has 1 amide bonds. The van der Waals surface area contributed by atoms with Gasteiger partial charge in [0.15, 0.2) is 5.16 Å². The van der Waals surface area contributed by atoms with E-state index in [0.29, 0.717) is 34.9 Å². The molecule has 0 saturated heterocycles. The molecule has 0 fully saturated rings. The average Bonchev–Trinajstić information content (AvgIpc) is 3.44. The molecule has 0 spiro atoms. The Morgan fingerprint density at radius 1 is 0.833 bits per heavy atom. The van der Waals surface area contributed by atoms with E-state index in [-0.39, 0.29) is 17.2 Å². The average molecular weight is 574 g/mol. The van der Waals surface area contributed by atoms with Crippen molar-refractivity contribution in [2.24, 2.45) is 0 Å². The van der Waals surface area contributed by atoms with Gasteiger partial charge < -0.3 is 4.90 Å². The Hall–Kier alpha value is -4.69. The molecule has 0 aliphatic heterocycles. The quantitative estimate of drug-likeness (QED) is 0.198. The number of aromatic nitrogens is 4. The van der Waals surface area contributed by atoms with Crippen molar-refractivity contribution in [1.29, 1.82) is 0 Å². The van der Waals surface area contributed by atoms with Crippen molar-refractivity contribution < 1.29 is 4.79 Å². The maximum absolute atomic E-state index is 13.7. The first-order valence-corrected chi connectivity index (χ1v) is 14.9. The standard InChI is InChI=1S/C34H31N5O2S/c1-24-17-18-29(25(2)21-24)38-32(41)28-15-9-10-16-30(28)39-33(38)35-36-34(39)42-23-31(40)37(22-27-13-7-4-8-14-27)20-19-26-11-5-3-6-12-26/h3-18,21H,19-20,22-23H2,1-2H3. The number of fused-ring (bicyclic) bond motifs is 3. The first-order valence-electron chi connectivity index (χ1n) is 13.9. The molecule has 0 saturated carbocycles. The summed E-state index contributed by atoms with van der Waals surface area (Å²) in [4.78, 5) is 29.3. The van der Waals surface area contributed by atoms with Crippen LogP contribution in [-0.2, 0) is 17.8 Å². The fourth-order valence-corrected chi connectivity index (χ4v) is 6.11. The van der Waals surface area contributed by atoms with Crippen LogP contribution in [0.1, 0.15) is 22.3 Å². The van der Waals surface area contributed by atoms with E-state index >= 15 is 0 Å². The minimum atomic E-state index is -0.153. The summed E-state index contributed by atoms with van der Waals surface area (Å²) >= 11 is 1.34. The topological polar surface area (TPSA) is 72.5 Å². The third-order valence-electron chi connectivity index (χ3n) is 7.39. The Balaban J connectivity index is 1.33. The molecular weight excluding hydrogens is 542 g/mol. The van der Waals surface area contributed by atoms with Crippen molar-refractivity contribution in [1.82, 2.24) is 24.1 Å². The van der Waals surface area contributed by atoms with E-state index in [4.69, 9.17) is 0 Å².